The summed E-state index contributed by atoms with van der Waals surface area (Å²) in [7, 11) is 0. The Hall–Kier alpha value is -1.12. The van der Waals surface area contributed by atoms with Gasteiger partial charge in [0.25, 0.3) is 0 Å². The molecule has 0 N–H and O–H groups in total. The molecule has 0 aromatic heterocycles. The number of allylic oxidation sites excluding steroid dienone is 2. The van der Waals surface area contributed by atoms with Gasteiger partial charge < -0.3 is 4.74 Å². The highest BCUT2D eigenvalue weighted by molar-refractivity contribution is 6.05. The number of carbonyl (C=O) groups excluding carboxylic acids is 2. The Morgan fingerprint density at radius 3 is 2.80 bits per heavy atom. The van der Waals surface area contributed by atoms with Crippen molar-refractivity contribution in [3.05, 3.63) is 12.2 Å². The third kappa shape index (κ3) is 2.28. The van der Waals surface area contributed by atoms with Crippen LogP contribution in [-0.4, -0.2) is 18.4 Å². The molecule has 0 bridgehead atoms. The monoisotopic (exact) mass is 210 g/mol. The summed E-state index contributed by atoms with van der Waals surface area (Å²) >= 11 is 0. The van der Waals surface area contributed by atoms with Crippen LogP contribution in [0.15, 0.2) is 12.2 Å². The molecule has 0 amide bonds. The number of ether oxygens (including phenoxy) is 1. The lowest BCUT2D eigenvalue weighted by Crippen LogP contribution is -2.36. The first-order valence-corrected chi connectivity index (χ1v) is 5.49. The third-order valence-electron chi connectivity index (χ3n) is 2.91. The van der Waals surface area contributed by atoms with Crippen LogP contribution in [0.3, 0.4) is 0 Å². The maximum atomic E-state index is 11.8. The van der Waals surface area contributed by atoms with Gasteiger partial charge in [0, 0.05) is 6.42 Å². The molecule has 1 aliphatic carbocycles. The van der Waals surface area contributed by atoms with E-state index in [0.29, 0.717) is 25.9 Å². The summed E-state index contributed by atoms with van der Waals surface area (Å²) < 4.78 is 5.00. The SMILES string of the molecule is CC=CCC1(C(=O)OCC)CCCC1=O. The summed E-state index contributed by atoms with van der Waals surface area (Å²) in [6, 6.07) is 0. The fourth-order valence-corrected chi connectivity index (χ4v) is 2.03. The van der Waals surface area contributed by atoms with Crippen molar-refractivity contribution < 1.29 is 14.3 Å². The summed E-state index contributed by atoms with van der Waals surface area (Å²) in [5, 5.41) is 0. The number of esters is 1. The molecule has 1 unspecified atom stereocenters. The van der Waals surface area contributed by atoms with Crippen LogP contribution in [0.1, 0.15) is 39.5 Å². The van der Waals surface area contributed by atoms with E-state index in [0.717, 1.165) is 6.42 Å². The number of ketones is 1. The highest BCUT2D eigenvalue weighted by atomic mass is 16.5. The first-order valence-electron chi connectivity index (χ1n) is 5.49. The van der Waals surface area contributed by atoms with Crippen molar-refractivity contribution in [1.29, 1.82) is 0 Å². The molecule has 1 saturated carbocycles. The Morgan fingerprint density at radius 1 is 1.60 bits per heavy atom. The second-order valence-corrected chi connectivity index (χ2v) is 3.85. The van der Waals surface area contributed by atoms with Gasteiger partial charge in [0.15, 0.2) is 5.78 Å². The minimum absolute atomic E-state index is 0.0408. The van der Waals surface area contributed by atoms with Gasteiger partial charge in [0.05, 0.1) is 6.61 Å². The van der Waals surface area contributed by atoms with Gasteiger partial charge in [-0.25, -0.2) is 0 Å². The molecule has 1 atom stereocenters. The van der Waals surface area contributed by atoms with Crippen molar-refractivity contribution in [3.63, 3.8) is 0 Å². The minimum atomic E-state index is -0.872. The van der Waals surface area contributed by atoms with Gasteiger partial charge in [-0.3, -0.25) is 9.59 Å². The van der Waals surface area contributed by atoms with Crippen molar-refractivity contribution in [2.45, 2.75) is 39.5 Å². The van der Waals surface area contributed by atoms with Gasteiger partial charge in [-0.1, -0.05) is 12.2 Å². The number of hydrogen-bond acceptors (Lipinski definition) is 3. The summed E-state index contributed by atoms with van der Waals surface area (Å²) in [6.07, 6.45) is 6.18. The first kappa shape index (κ1) is 12.0. The molecule has 0 aliphatic heterocycles. The van der Waals surface area contributed by atoms with E-state index in [1.54, 1.807) is 6.92 Å². The topological polar surface area (TPSA) is 43.4 Å². The van der Waals surface area contributed by atoms with Crippen molar-refractivity contribution in [1.82, 2.24) is 0 Å². The van der Waals surface area contributed by atoms with Gasteiger partial charge >= 0.3 is 5.97 Å². The van der Waals surface area contributed by atoms with Crippen LogP contribution in [0, 0.1) is 5.41 Å². The summed E-state index contributed by atoms with van der Waals surface area (Å²) in [5.74, 6) is -0.301. The van der Waals surface area contributed by atoms with Crippen LogP contribution in [-0.2, 0) is 14.3 Å². The number of hydrogen-bond donors (Lipinski definition) is 0. The Morgan fingerprint density at radius 2 is 2.33 bits per heavy atom. The van der Waals surface area contributed by atoms with E-state index in [2.05, 4.69) is 0 Å². The fraction of sp³-hybridized carbons (Fsp3) is 0.667. The maximum Gasteiger partial charge on any atom is 0.319 e. The number of Topliss-reactive ketones (excluding diaryl/α,β-unsaturated/α-hetero) is 1. The lowest BCUT2D eigenvalue weighted by atomic mass is 9.81. The largest absolute Gasteiger partial charge is 0.465 e. The molecule has 84 valence electrons. The van der Waals surface area contributed by atoms with E-state index >= 15 is 0 Å². The molecule has 0 aromatic carbocycles. The number of rotatable bonds is 4. The quantitative estimate of drug-likeness (QED) is 0.406. The van der Waals surface area contributed by atoms with E-state index in [9.17, 15) is 9.59 Å². The maximum absolute atomic E-state index is 11.8. The van der Waals surface area contributed by atoms with E-state index in [-0.39, 0.29) is 11.8 Å². The van der Waals surface area contributed by atoms with Gasteiger partial charge in [-0.15, -0.1) is 0 Å². The van der Waals surface area contributed by atoms with Crippen molar-refractivity contribution in [3.8, 4) is 0 Å². The molecule has 0 spiro atoms. The predicted octanol–water partition coefficient (Wildman–Crippen LogP) is 2.26. The molecule has 1 fully saturated rings. The van der Waals surface area contributed by atoms with Crippen molar-refractivity contribution in [2.24, 2.45) is 5.41 Å². The summed E-state index contributed by atoms with van der Waals surface area (Å²) in [4.78, 5) is 23.6. The minimum Gasteiger partial charge on any atom is -0.465 e. The zero-order chi connectivity index (χ0) is 11.3. The number of carbonyl (C=O) groups is 2. The lowest BCUT2D eigenvalue weighted by Gasteiger charge is -2.23. The average molecular weight is 210 g/mol. The molecule has 0 saturated heterocycles. The summed E-state index contributed by atoms with van der Waals surface area (Å²) in [5.41, 5.74) is -0.872. The second-order valence-electron chi connectivity index (χ2n) is 3.85. The highest BCUT2D eigenvalue weighted by Gasteiger charge is 2.48. The molecular formula is C12H18O3. The molecule has 1 rings (SSSR count). The molecule has 0 heterocycles. The highest BCUT2D eigenvalue weighted by Crippen LogP contribution is 2.39. The molecule has 15 heavy (non-hydrogen) atoms. The molecule has 1 aliphatic rings. The van der Waals surface area contributed by atoms with Crippen LogP contribution in [0.2, 0.25) is 0 Å². The zero-order valence-electron chi connectivity index (χ0n) is 9.41. The Kier molecular flexibility index (Phi) is 4.06. The smallest absolute Gasteiger partial charge is 0.319 e. The van der Waals surface area contributed by atoms with Crippen LogP contribution in [0.25, 0.3) is 0 Å². The average Bonchev–Trinajstić information content (AvgIpc) is 2.58. The molecule has 3 nitrogen and oxygen atoms in total. The fourth-order valence-electron chi connectivity index (χ4n) is 2.03. The van der Waals surface area contributed by atoms with E-state index < -0.39 is 5.41 Å². The second kappa shape index (κ2) is 5.10. The van der Waals surface area contributed by atoms with Gasteiger partial charge in [0.1, 0.15) is 5.41 Å². The third-order valence-corrected chi connectivity index (χ3v) is 2.91. The Balaban J connectivity index is 2.85. The lowest BCUT2D eigenvalue weighted by molar-refractivity contribution is -0.158. The molecule has 3 heteroatoms. The van der Waals surface area contributed by atoms with E-state index in [4.69, 9.17) is 4.74 Å². The predicted molar refractivity (Wildman–Crippen MR) is 57.4 cm³/mol. The van der Waals surface area contributed by atoms with Crippen molar-refractivity contribution >= 4 is 11.8 Å². The summed E-state index contributed by atoms with van der Waals surface area (Å²) in [6.45, 7) is 3.99. The molecule has 0 aromatic rings. The van der Waals surface area contributed by atoms with E-state index in [1.165, 1.54) is 0 Å². The van der Waals surface area contributed by atoms with Crippen LogP contribution in [0.5, 0.6) is 0 Å². The standard InChI is InChI=1S/C12H18O3/c1-3-5-8-12(11(14)15-4-2)9-6-7-10(12)13/h3,5H,4,6-9H2,1-2H3. The van der Waals surface area contributed by atoms with Gasteiger partial charge in [0.2, 0.25) is 0 Å². The Labute approximate surface area is 90.5 Å². The van der Waals surface area contributed by atoms with Crippen LogP contribution < -0.4 is 0 Å². The zero-order valence-corrected chi connectivity index (χ0v) is 9.41. The van der Waals surface area contributed by atoms with Gasteiger partial charge in [-0.05, 0) is 33.1 Å². The molecular weight excluding hydrogens is 192 g/mol. The van der Waals surface area contributed by atoms with Gasteiger partial charge in [-0.2, -0.15) is 0 Å². The first-order chi connectivity index (χ1) is 7.17. The normalized spacial score (nSPS) is 26.1. The Bertz CT molecular complexity index is 281. The van der Waals surface area contributed by atoms with Crippen LogP contribution >= 0.6 is 0 Å². The van der Waals surface area contributed by atoms with E-state index in [1.807, 2.05) is 19.1 Å². The van der Waals surface area contributed by atoms with Crippen molar-refractivity contribution in [2.75, 3.05) is 6.61 Å². The van der Waals surface area contributed by atoms with Crippen LogP contribution in [0.4, 0.5) is 0 Å². The molecule has 0 radical (unpaired) electrons.